The van der Waals surface area contributed by atoms with E-state index in [1.54, 1.807) is 11.3 Å². The lowest BCUT2D eigenvalue weighted by molar-refractivity contribution is 0.963. The van der Waals surface area contributed by atoms with Crippen LogP contribution in [0.15, 0.2) is 34.9 Å². The van der Waals surface area contributed by atoms with Crippen molar-refractivity contribution in [3.05, 3.63) is 50.4 Å². The van der Waals surface area contributed by atoms with Crippen LogP contribution in [0.1, 0.15) is 20.3 Å². The molecule has 84 valence electrons. The van der Waals surface area contributed by atoms with Crippen LogP contribution < -0.4 is 0 Å². The number of aryl methyl sites for hydroxylation is 1. The number of hydrogen-bond donors (Lipinski definition) is 0. The van der Waals surface area contributed by atoms with Crippen LogP contribution in [0, 0.1) is 6.92 Å². The fourth-order valence-corrected chi connectivity index (χ4v) is 3.48. The lowest BCUT2D eigenvalue weighted by atomic mass is 10.1. The van der Waals surface area contributed by atoms with Crippen LogP contribution in [-0.4, -0.2) is 4.98 Å². The van der Waals surface area contributed by atoms with Gasteiger partial charge in [-0.2, -0.15) is 0 Å². The third kappa shape index (κ3) is 3.15. The van der Waals surface area contributed by atoms with E-state index in [-0.39, 0.29) is 0 Å². The second-order valence-electron chi connectivity index (χ2n) is 3.58. The molecule has 16 heavy (non-hydrogen) atoms. The molecule has 0 saturated carbocycles. The van der Waals surface area contributed by atoms with Crippen LogP contribution in [0.3, 0.4) is 0 Å². The maximum absolute atomic E-state index is 4.28. The number of alkyl halides is 1. The van der Waals surface area contributed by atoms with Gasteiger partial charge in [-0.15, -0.1) is 11.3 Å². The van der Waals surface area contributed by atoms with Gasteiger partial charge in [0.25, 0.3) is 0 Å². The number of hydrogen-bond acceptors (Lipinski definition) is 2. The van der Waals surface area contributed by atoms with Crippen LogP contribution in [0.2, 0.25) is 0 Å². The Bertz CT molecular complexity index is 481. The minimum Gasteiger partial charge on any atom is -0.250 e. The van der Waals surface area contributed by atoms with Gasteiger partial charge in [-0.05, 0) is 31.0 Å². The van der Waals surface area contributed by atoms with Gasteiger partial charge in [0.05, 0.1) is 9.83 Å². The molecule has 0 N–H and O–H groups in total. The Morgan fingerprint density at radius 2 is 2.25 bits per heavy atom. The zero-order valence-corrected chi connectivity index (χ0v) is 12.8. The lowest BCUT2D eigenvalue weighted by Crippen LogP contribution is -1.92. The topological polar surface area (TPSA) is 12.9 Å². The molecule has 1 heterocycles. The standard InChI is InChI=1S/C12H11Br2NS/c1-8-15-7-12(16-8)11(14)6-9-3-2-4-10(13)5-9/h2-5,7,11H,6H2,1H3. The summed E-state index contributed by atoms with van der Waals surface area (Å²) in [7, 11) is 0. The van der Waals surface area contributed by atoms with Crippen LogP contribution in [-0.2, 0) is 6.42 Å². The summed E-state index contributed by atoms with van der Waals surface area (Å²) in [6.45, 7) is 2.03. The van der Waals surface area contributed by atoms with Crippen molar-refractivity contribution in [1.29, 1.82) is 0 Å². The lowest BCUT2D eigenvalue weighted by Gasteiger charge is -2.07. The van der Waals surface area contributed by atoms with Gasteiger partial charge in [-0.25, -0.2) is 4.98 Å². The third-order valence-electron chi connectivity index (χ3n) is 2.25. The van der Waals surface area contributed by atoms with Crippen LogP contribution >= 0.6 is 43.2 Å². The highest BCUT2D eigenvalue weighted by molar-refractivity contribution is 9.10. The Kier molecular flexibility index (Phi) is 4.16. The van der Waals surface area contributed by atoms with Gasteiger partial charge in [-0.1, -0.05) is 44.0 Å². The molecular formula is C12H11Br2NS. The Morgan fingerprint density at radius 1 is 1.44 bits per heavy atom. The molecule has 0 saturated heterocycles. The zero-order chi connectivity index (χ0) is 11.5. The first-order chi connectivity index (χ1) is 7.65. The Hall–Kier alpha value is -0.190. The normalized spacial score (nSPS) is 12.7. The van der Waals surface area contributed by atoms with Crippen molar-refractivity contribution in [3.63, 3.8) is 0 Å². The van der Waals surface area contributed by atoms with Gasteiger partial charge < -0.3 is 0 Å². The van der Waals surface area contributed by atoms with Crippen molar-refractivity contribution in [2.75, 3.05) is 0 Å². The molecule has 2 aromatic rings. The van der Waals surface area contributed by atoms with E-state index >= 15 is 0 Å². The van der Waals surface area contributed by atoms with E-state index in [9.17, 15) is 0 Å². The van der Waals surface area contributed by atoms with Gasteiger partial charge in [-0.3, -0.25) is 0 Å². The maximum Gasteiger partial charge on any atom is 0.0897 e. The summed E-state index contributed by atoms with van der Waals surface area (Å²) in [5, 5.41) is 1.12. The SMILES string of the molecule is Cc1ncc(C(Br)Cc2cccc(Br)c2)s1. The first-order valence-electron chi connectivity index (χ1n) is 4.96. The van der Waals surface area contributed by atoms with Crippen molar-refractivity contribution < 1.29 is 0 Å². The highest BCUT2D eigenvalue weighted by Gasteiger charge is 2.11. The van der Waals surface area contributed by atoms with E-state index in [4.69, 9.17) is 0 Å². The fourth-order valence-electron chi connectivity index (χ4n) is 1.49. The van der Waals surface area contributed by atoms with Crippen molar-refractivity contribution in [2.24, 2.45) is 0 Å². The number of benzene rings is 1. The number of rotatable bonds is 3. The number of halogens is 2. The summed E-state index contributed by atoms with van der Waals surface area (Å²) in [5.41, 5.74) is 1.32. The van der Waals surface area contributed by atoms with E-state index in [2.05, 4.69) is 55.0 Å². The summed E-state index contributed by atoms with van der Waals surface area (Å²) >= 11 is 8.95. The molecule has 1 nitrogen and oxygen atoms in total. The Labute approximate surface area is 116 Å². The van der Waals surface area contributed by atoms with Crippen LogP contribution in [0.5, 0.6) is 0 Å². The van der Waals surface area contributed by atoms with Crippen LogP contribution in [0.4, 0.5) is 0 Å². The highest BCUT2D eigenvalue weighted by Crippen LogP contribution is 2.31. The highest BCUT2D eigenvalue weighted by atomic mass is 79.9. The molecule has 0 fully saturated rings. The molecule has 1 aromatic carbocycles. The maximum atomic E-state index is 4.28. The molecule has 1 unspecified atom stereocenters. The van der Waals surface area contributed by atoms with Gasteiger partial charge in [0.2, 0.25) is 0 Å². The number of nitrogens with zero attached hydrogens (tertiary/aromatic N) is 1. The Balaban J connectivity index is 2.10. The van der Waals surface area contributed by atoms with E-state index in [1.807, 2.05) is 19.2 Å². The average Bonchev–Trinajstić information content (AvgIpc) is 2.65. The molecule has 0 spiro atoms. The van der Waals surface area contributed by atoms with E-state index in [0.717, 1.165) is 15.9 Å². The molecule has 2 rings (SSSR count). The van der Waals surface area contributed by atoms with Gasteiger partial charge in [0.1, 0.15) is 0 Å². The molecular weight excluding hydrogens is 350 g/mol. The van der Waals surface area contributed by atoms with Crippen molar-refractivity contribution >= 4 is 43.2 Å². The third-order valence-corrected chi connectivity index (χ3v) is 4.89. The van der Waals surface area contributed by atoms with Crippen molar-refractivity contribution in [1.82, 2.24) is 4.98 Å². The summed E-state index contributed by atoms with van der Waals surface area (Å²) < 4.78 is 1.13. The molecule has 0 aliphatic carbocycles. The molecule has 0 aliphatic rings. The van der Waals surface area contributed by atoms with Crippen LogP contribution in [0.25, 0.3) is 0 Å². The van der Waals surface area contributed by atoms with Gasteiger partial charge in [0.15, 0.2) is 0 Å². The summed E-state index contributed by atoms with van der Waals surface area (Å²) in [5.74, 6) is 0. The number of thiazole rings is 1. The molecule has 1 atom stereocenters. The van der Waals surface area contributed by atoms with Gasteiger partial charge >= 0.3 is 0 Å². The van der Waals surface area contributed by atoms with E-state index in [0.29, 0.717) is 4.83 Å². The molecule has 1 aromatic heterocycles. The predicted octanol–water partition coefficient (Wildman–Crippen LogP) is 4.89. The largest absolute Gasteiger partial charge is 0.250 e. The second kappa shape index (κ2) is 5.43. The minimum absolute atomic E-state index is 0.355. The molecule has 0 bridgehead atoms. The van der Waals surface area contributed by atoms with E-state index < -0.39 is 0 Å². The fraction of sp³-hybridized carbons (Fsp3) is 0.250. The minimum atomic E-state index is 0.355. The summed E-state index contributed by atoms with van der Waals surface area (Å²) in [6.07, 6.45) is 2.94. The molecule has 0 amide bonds. The second-order valence-corrected chi connectivity index (χ2v) is 6.87. The number of aromatic nitrogens is 1. The monoisotopic (exact) mass is 359 g/mol. The zero-order valence-electron chi connectivity index (χ0n) is 8.78. The molecule has 0 radical (unpaired) electrons. The van der Waals surface area contributed by atoms with E-state index in [1.165, 1.54) is 10.4 Å². The average molecular weight is 361 g/mol. The van der Waals surface area contributed by atoms with Crippen molar-refractivity contribution in [3.8, 4) is 0 Å². The molecule has 0 aliphatic heterocycles. The van der Waals surface area contributed by atoms with Gasteiger partial charge in [0, 0.05) is 15.5 Å². The first-order valence-corrected chi connectivity index (χ1v) is 7.48. The smallest absolute Gasteiger partial charge is 0.0897 e. The quantitative estimate of drug-likeness (QED) is 0.710. The summed E-state index contributed by atoms with van der Waals surface area (Å²) in [6, 6.07) is 8.41. The van der Waals surface area contributed by atoms with Crippen molar-refractivity contribution in [2.45, 2.75) is 18.2 Å². The summed E-state index contributed by atoms with van der Waals surface area (Å²) in [4.78, 5) is 5.92. The molecule has 4 heteroatoms. The Morgan fingerprint density at radius 3 is 2.88 bits per heavy atom. The predicted molar refractivity (Wildman–Crippen MR) is 76.4 cm³/mol. The first kappa shape index (κ1) is 12.3.